The molecule has 0 aromatic heterocycles. The van der Waals surface area contributed by atoms with Gasteiger partial charge in [0.2, 0.25) is 11.8 Å². The molecule has 0 aliphatic carbocycles. The zero-order valence-corrected chi connectivity index (χ0v) is 24.3. The Morgan fingerprint density at radius 3 is 1.62 bits per heavy atom. The van der Waals surface area contributed by atoms with Crippen molar-refractivity contribution in [3.8, 4) is 0 Å². The number of nitro benzene ring substituents is 1. The van der Waals surface area contributed by atoms with Crippen molar-refractivity contribution in [2.24, 2.45) is 0 Å². The highest BCUT2D eigenvalue weighted by Crippen LogP contribution is 2.30. The molecule has 0 fully saturated rings. The van der Waals surface area contributed by atoms with Gasteiger partial charge in [-0.15, -0.1) is 0 Å². The Kier molecular flexibility index (Phi) is 13.9. The zero-order chi connectivity index (χ0) is 30.4. The molecule has 0 heterocycles. The van der Waals surface area contributed by atoms with Gasteiger partial charge < -0.3 is 36.0 Å². The third-order valence-electron chi connectivity index (χ3n) is 5.69. The van der Waals surface area contributed by atoms with E-state index in [0.29, 0.717) is 17.1 Å². The van der Waals surface area contributed by atoms with Gasteiger partial charge in [0.15, 0.2) is 0 Å². The van der Waals surface area contributed by atoms with E-state index in [2.05, 4.69) is 33.6 Å². The molecule has 0 bridgehead atoms. The van der Waals surface area contributed by atoms with Crippen molar-refractivity contribution in [3.05, 3.63) is 71.8 Å². The van der Waals surface area contributed by atoms with Crippen molar-refractivity contribution in [3.63, 3.8) is 0 Å². The second-order valence-electron chi connectivity index (χ2n) is 9.57. The molecule has 218 valence electrons. The molecule has 2 aromatic carbocycles. The molecule has 0 spiro atoms. The molecule has 0 aliphatic heterocycles. The summed E-state index contributed by atoms with van der Waals surface area (Å²) in [6.45, 7) is 10.2. The highest BCUT2D eigenvalue weighted by Gasteiger charge is 2.15. The molecule has 0 saturated carbocycles. The quantitative estimate of drug-likeness (QED) is 0.147. The van der Waals surface area contributed by atoms with Crippen LogP contribution in [-0.2, 0) is 9.59 Å². The van der Waals surface area contributed by atoms with Crippen molar-refractivity contribution in [2.75, 3.05) is 94.6 Å². The van der Waals surface area contributed by atoms with E-state index in [4.69, 9.17) is 5.73 Å². The van der Waals surface area contributed by atoms with Crippen LogP contribution in [0.5, 0.6) is 0 Å². The number of likely N-dealkylation sites (N-methyl/N-ethyl adjacent to an activating group) is 4. The lowest BCUT2D eigenvalue weighted by atomic mass is 10.2. The first-order valence-corrected chi connectivity index (χ1v) is 12.6. The van der Waals surface area contributed by atoms with Crippen molar-refractivity contribution >= 4 is 45.9 Å². The number of nitrogen functional groups attached to an aromatic ring is 1. The van der Waals surface area contributed by atoms with E-state index in [1.807, 2.05) is 64.2 Å². The summed E-state index contributed by atoms with van der Waals surface area (Å²) in [5.41, 5.74) is 9.06. The second kappa shape index (κ2) is 16.5. The van der Waals surface area contributed by atoms with Crippen molar-refractivity contribution in [1.82, 2.24) is 9.80 Å². The van der Waals surface area contributed by atoms with Gasteiger partial charge in [-0.2, -0.15) is 0 Å². The van der Waals surface area contributed by atoms with E-state index in [-0.39, 0.29) is 11.6 Å². The summed E-state index contributed by atoms with van der Waals surface area (Å²) in [7, 11) is 11.8. The van der Waals surface area contributed by atoms with E-state index in [1.54, 1.807) is 12.1 Å². The lowest BCUT2D eigenvalue weighted by Gasteiger charge is -2.24. The van der Waals surface area contributed by atoms with Crippen LogP contribution in [0.4, 0.5) is 34.1 Å². The maximum absolute atomic E-state index is 11.5. The molecular weight excluding hydrogens is 512 g/mol. The number of non-ortho nitro benzene ring substituents is 1. The number of rotatable bonds is 13. The van der Waals surface area contributed by atoms with Crippen LogP contribution < -0.4 is 26.2 Å². The van der Waals surface area contributed by atoms with Crippen LogP contribution in [0.3, 0.4) is 0 Å². The number of nitro groups is 1. The Balaban J connectivity index is 0.000000402. The summed E-state index contributed by atoms with van der Waals surface area (Å²) >= 11 is 0. The van der Waals surface area contributed by atoms with Gasteiger partial charge in [-0.25, -0.2) is 0 Å². The third-order valence-corrected chi connectivity index (χ3v) is 5.69. The molecule has 40 heavy (non-hydrogen) atoms. The number of amides is 2. The van der Waals surface area contributed by atoms with Crippen LogP contribution in [0.25, 0.3) is 0 Å². The number of carbonyl (C=O) groups is 2. The van der Waals surface area contributed by atoms with Crippen LogP contribution in [0, 0.1) is 10.1 Å². The molecule has 0 unspecified atom stereocenters. The van der Waals surface area contributed by atoms with Crippen molar-refractivity contribution < 1.29 is 14.5 Å². The molecule has 4 N–H and O–H groups in total. The fourth-order valence-electron chi connectivity index (χ4n) is 3.37. The van der Waals surface area contributed by atoms with Gasteiger partial charge in [-0.1, -0.05) is 13.2 Å². The SMILES string of the molecule is C=CC(=O)Nc1cc(N)ccc1N(C)CCN(C)C.C=CC(=O)Nc1cc([N+](=O)[O-])ccc1N(C)CCN(C)C. The predicted octanol–water partition coefficient (Wildman–Crippen LogP) is 3.11. The fraction of sp³-hybridized carbons (Fsp3) is 0.357. The van der Waals surface area contributed by atoms with E-state index >= 15 is 0 Å². The number of benzene rings is 2. The minimum absolute atomic E-state index is 0.0703. The number of carbonyl (C=O) groups excluding carboxylic acids is 2. The summed E-state index contributed by atoms with van der Waals surface area (Å²) in [4.78, 5) is 41.4. The number of anilines is 5. The van der Waals surface area contributed by atoms with Gasteiger partial charge in [0.1, 0.15) is 0 Å². The molecule has 2 aromatic rings. The number of hydrogen-bond acceptors (Lipinski definition) is 9. The van der Waals surface area contributed by atoms with E-state index in [0.717, 1.165) is 43.6 Å². The van der Waals surface area contributed by atoms with Crippen LogP contribution >= 0.6 is 0 Å². The minimum atomic E-state index is -0.493. The van der Waals surface area contributed by atoms with E-state index < -0.39 is 10.8 Å². The predicted molar refractivity (Wildman–Crippen MR) is 165 cm³/mol. The van der Waals surface area contributed by atoms with Crippen LogP contribution in [0.1, 0.15) is 0 Å². The normalized spacial score (nSPS) is 10.3. The summed E-state index contributed by atoms with van der Waals surface area (Å²) in [6.07, 6.45) is 2.37. The summed E-state index contributed by atoms with van der Waals surface area (Å²) in [5, 5.41) is 16.2. The Hall–Kier alpha value is -4.42. The van der Waals surface area contributed by atoms with Crippen molar-refractivity contribution in [2.45, 2.75) is 0 Å². The van der Waals surface area contributed by atoms with Crippen molar-refractivity contribution in [1.29, 1.82) is 0 Å². The maximum Gasteiger partial charge on any atom is 0.271 e. The molecule has 2 amide bonds. The zero-order valence-electron chi connectivity index (χ0n) is 24.3. The molecule has 2 rings (SSSR count). The topological polar surface area (TPSA) is 140 Å². The number of nitrogens with one attached hydrogen (secondary N) is 2. The number of nitrogens with two attached hydrogens (primary N) is 1. The van der Waals surface area contributed by atoms with E-state index in [9.17, 15) is 19.7 Å². The Morgan fingerprint density at radius 1 is 0.800 bits per heavy atom. The Bertz CT molecular complexity index is 1180. The fourth-order valence-corrected chi connectivity index (χ4v) is 3.37. The molecule has 0 saturated heterocycles. The molecule has 0 atom stereocenters. The van der Waals surface area contributed by atoms with Gasteiger partial charge in [-0.05, 0) is 64.6 Å². The van der Waals surface area contributed by atoms with E-state index in [1.165, 1.54) is 18.2 Å². The van der Waals surface area contributed by atoms with Gasteiger partial charge in [0, 0.05) is 58.1 Å². The summed E-state index contributed by atoms with van der Waals surface area (Å²) in [5.74, 6) is -0.648. The first-order valence-electron chi connectivity index (χ1n) is 12.6. The van der Waals surface area contributed by atoms with Gasteiger partial charge in [-0.3, -0.25) is 19.7 Å². The smallest absolute Gasteiger partial charge is 0.271 e. The minimum Gasteiger partial charge on any atom is -0.399 e. The number of nitrogens with zero attached hydrogens (tertiary/aromatic N) is 5. The average molecular weight is 555 g/mol. The Labute approximate surface area is 236 Å². The van der Waals surface area contributed by atoms with Gasteiger partial charge in [0.05, 0.1) is 27.7 Å². The van der Waals surface area contributed by atoms with Crippen LogP contribution in [0.15, 0.2) is 61.7 Å². The summed E-state index contributed by atoms with van der Waals surface area (Å²) in [6, 6.07) is 9.89. The monoisotopic (exact) mass is 554 g/mol. The first-order chi connectivity index (χ1) is 18.8. The standard InChI is InChI=1S/C14H20N4O3.C14H22N4O/c1-5-14(19)15-12-10-11(18(20)21)6-7-13(12)17(4)9-8-16(2)3;1-5-14(19)16-12-10-11(15)6-7-13(12)18(4)9-8-17(2)3/h5-7,10H,1,8-9H2,2-4H3,(H,15,19);5-7,10H,1,8-9,15H2,2-4H3,(H,16,19). The lowest BCUT2D eigenvalue weighted by molar-refractivity contribution is -0.384. The molecule has 12 nitrogen and oxygen atoms in total. The second-order valence-corrected chi connectivity index (χ2v) is 9.57. The van der Waals surface area contributed by atoms with Crippen LogP contribution in [-0.4, -0.2) is 95.0 Å². The molecule has 0 aliphatic rings. The largest absolute Gasteiger partial charge is 0.399 e. The first kappa shape index (κ1) is 33.6. The lowest BCUT2D eigenvalue weighted by Crippen LogP contribution is -2.29. The Morgan fingerprint density at radius 2 is 1.23 bits per heavy atom. The third kappa shape index (κ3) is 11.5. The molecular formula is C28H42N8O4. The molecule has 0 radical (unpaired) electrons. The van der Waals surface area contributed by atoms with Gasteiger partial charge in [0.25, 0.3) is 5.69 Å². The summed E-state index contributed by atoms with van der Waals surface area (Å²) < 4.78 is 0. The molecule has 12 heteroatoms. The number of hydrogen-bond donors (Lipinski definition) is 3. The van der Waals surface area contributed by atoms with Gasteiger partial charge >= 0.3 is 0 Å². The highest BCUT2D eigenvalue weighted by atomic mass is 16.6. The highest BCUT2D eigenvalue weighted by molar-refractivity contribution is 6.02. The average Bonchev–Trinajstić information content (AvgIpc) is 2.90. The van der Waals surface area contributed by atoms with Crippen LogP contribution in [0.2, 0.25) is 0 Å². The maximum atomic E-state index is 11.5.